The molecule has 3 heterocycles. The molecule has 0 spiro atoms. The van der Waals surface area contributed by atoms with Gasteiger partial charge in [0.1, 0.15) is 0 Å². The van der Waals surface area contributed by atoms with Crippen LogP contribution in [0.1, 0.15) is 16.1 Å². The van der Waals surface area contributed by atoms with Crippen LogP contribution < -0.4 is 0 Å². The molecule has 0 saturated heterocycles. The highest BCUT2D eigenvalue weighted by Crippen LogP contribution is 2.29. The van der Waals surface area contributed by atoms with Gasteiger partial charge < -0.3 is 4.98 Å². The van der Waals surface area contributed by atoms with Gasteiger partial charge in [0, 0.05) is 53.3 Å². The molecule has 0 fully saturated rings. The van der Waals surface area contributed by atoms with E-state index in [0.29, 0.717) is 4.77 Å². The van der Waals surface area contributed by atoms with Crippen LogP contribution in [0.15, 0.2) is 48.7 Å². The van der Waals surface area contributed by atoms with Crippen molar-refractivity contribution in [3.8, 4) is 10.4 Å². The second-order valence-corrected chi connectivity index (χ2v) is 7.34. The van der Waals surface area contributed by atoms with E-state index in [0.717, 1.165) is 26.1 Å². The SMILES string of the molecule is S=c1ncc2c([nH]1)CCN(Cc1ccc(-c3ccccc3)s1)C2. The first kappa shape index (κ1) is 14.8. The van der Waals surface area contributed by atoms with Crippen LogP contribution in [-0.4, -0.2) is 21.4 Å². The summed E-state index contributed by atoms with van der Waals surface area (Å²) in [6.07, 6.45) is 2.93. The van der Waals surface area contributed by atoms with Crippen molar-refractivity contribution in [2.75, 3.05) is 6.54 Å². The molecule has 2 aromatic heterocycles. The number of fused-ring (bicyclic) bond motifs is 1. The Morgan fingerprint density at radius 3 is 2.91 bits per heavy atom. The van der Waals surface area contributed by atoms with Crippen LogP contribution in [0.25, 0.3) is 10.4 Å². The number of hydrogen-bond acceptors (Lipinski definition) is 4. The average molecular weight is 339 g/mol. The van der Waals surface area contributed by atoms with E-state index in [1.165, 1.54) is 26.6 Å². The number of nitrogens with zero attached hydrogens (tertiary/aromatic N) is 2. The van der Waals surface area contributed by atoms with Crippen molar-refractivity contribution >= 4 is 23.6 Å². The molecule has 0 saturated carbocycles. The Morgan fingerprint density at radius 1 is 1.17 bits per heavy atom. The van der Waals surface area contributed by atoms with Gasteiger partial charge in [0.05, 0.1) is 0 Å². The molecule has 23 heavy (non-hydrogen) atoms. The molecule has 4 rings (SSSR count). The summed E-state index contributed by atoms with van der Waals surface area (Å²) in [7, 11) is 0. The van der Waals surface area contributed by atoms with Crippen LogP contribution in [0, 0.1) is 4.77 Å². The quantitative estimate of drug-likeness (QED) is 0.717. The molecule has 0 amide bonds. The van der Waals surface area contributed by atoms with E-state index in [1.54, 1.807) is 0 Å². The summed E-state index contributed by atoms with van der Waals surface area (Å²) in [5.74, 6) is 0. The number of rotatable bonds is 3. The monoisotopic (exact) mass is 339 g/mol. The molecule has 3 nitrogen and oxygen atoms in total. The van der Waals surface area contributed by atoms with Gasteiger partial charge in [-0.3, -0.25) is 4.90 Å². The smallest absolute Gasteiger partial charge is 0.196 e. The molecule has 1 aliphatic heterocycles. The number of aromatic amines is 1. The lowest BCUT2D eigenvalue weighted by molar-refractivity contribution is 0.245. The Bertz CT molecular complexity index is 867. The zero-order valence-corrected chi connectivity index (χ0v) is 14.3. The Morgan fingerprint density at radius 2 is 2.04 bits per heavy atom. The highest BCUT2D eigenvalue weighted by Gasteiger charge is 2.17. The molecule has 1 aromatic carbocycles. The third kappa shape index (κ3) is 3.27. The van der Waals surface area contributed by atoms with Gasteiger partial charge in [-0.1, -0.05) is 30.3 Å². The van der Waals surface area contributed by atoms with Crippen LogP contribution >= 0.6 is 23.6 Å². The third-order valence-electron chi connectivity index (χ3n) is 4.15. The zero-order chi connectivity index (χ0) is 15.6. The van der Waals surface area contributed by atoms with E-state index in [-0.39, 0.29) is 0 Å². The van der Waals surface area contributed by atoms with Crippen LogP contribution in [0.4, 0.5) is 0 Å². The number of H-pyrrole nitrogens is 1. The maximum Gasteiger partial charge on any atom is 0.196 e. The normalized spacial score (nSPS) is 14.6. The number of thiophene rings is 1. The Labute approximate surface area is 144 Å². The van der Waals surface area contributed by atoms with Crippen molar-refractivity contribution in [2.24, 2.45) is 0 Å². The van der Waals surface area contributed by atoms with Crippen LogP contribution in [-0.2, 0) is 19.5 Å². The lowest BCUT2D eigenvalue weighted by Crippen LogP contribution is -2.30. The molecule has 3 aromatic rings. The first-order valence-electron chi connectivity index (χ1n) is 7.71. The standard InChI is InChI=1S/C18H17N3S2/c22-18-19-10-14-11-21(9-8-16(14)20-18)12-15-6-7-17(23-15)13-4-2-1-3-5-13/h1-7,10H,8-9,11-12H2,(H,19,20,22). The predicted molar refractivity (Wildman–Crippen MR) is 97.0 cm³/mol. The van der Waals surface area contributed by atoms with Gasteiger partial charge in [-0.05, 0) is 29.9 Å². The summed E-state index contributed by atoms with van der Waals surface area (Å²) >= 11 is 6.98. The largest absolute Gasteiger partial charge is 0.334 e. The Balaban J connectivity index is 1.48. The number of aromatic nitrogens is 2. The molecule has 0 bridgehead atoms. The zero-order valence-electron chi connectivity index (χ0n) is 12.7. The average Bonchev–Trinajstić information content (AvgIpc) is 3.04. The molecule has 0 aliphatic carbocycles. The molecular formula is C18H17N3S2. The molecule has 0 unspecified atom stereocenters. The Kier molecular flexibility index (Phi) is 4.08. The van der Waals surface area contributed by atoms with Crippen LogP contribution in [0.5, 0.6) is 0 Å². The second kappa shape index (κ2) is 6.35. The molecular weight excluding hydrogens is 322 g/mol. The maximum absolute atomic E-state index is 5.10. The minimum absolute atomic E-state index is 0.586. The third-order valence-corrected chi connectivity index (χ3v) is 5.48. The second-order valence-electron chi connectivity index (χ2n) is 5.78. The van der Waals surface area contributed by atoms with Crippen molar-refractivity contribution < 1.29 is 0 Å². The van der Waals surface area contributed by atoms with E-state index in [9.17, 15) is 0 Å². The summed E-state index contributed by atoms with van der Waals surface area (Å²) in [5, 5.41) is 0. The van der Waals surface area contributed by atoms with Gasteiger partial charge in [0.25, 0.3) is 0 Å². The van der Waals surface area contributed by atoms with Crippen molar-refractivity contribution in [1.82, 2.24) is 14.9 Å². The topological polar surface area (TPSA) is 31.9 Å². The predicted octanol–water partition coefficient (Wildman–Crippen LogP) is 4.43. The first-order valence-corrected chi connectivity index (χ1v) is 8.94. The molecule has 1 aliphatic rings. The summed E-state index contributed by atoms with van der Waals surface area (Å²) in [6.45, 7) is 2.99. The maximum atomic E-state index is 5.10. The van der Waals surface area contributed by atoms with Gasteiger partial charge in [-0.2, -0.15) is 0 Å². The van der Waals surface area contributed by atoms with Crippen LogP contribution in [0.2, 0.25) is 0 Å². The van der Waals surface area contributed by atoms with E-state index in [1.807, 2.05) is 17.5 Å². The van der Waals surface area contributed by atoms with Gasteiger partial charge in [0.2, 0.25) is 0 Å². The number of hydrogen-bond donors (Lipinski definition) is 1. The van der Waals surface area contributed by atoms with Crippen molar-refractivity contribution in [2.45, 2.75) is 19.5 Å². The van der Waals surface area contributed by atoms with Crippen molar-refractivity contribution in [1.29, 1.82) is 0 Å². The highest BCUT2D eigenvalue weighted by molar-refractivity contribution is 7.71. The first-order chi connectivity index (χ1) is 11.3. The van der Waals surface area contributed by atoms with Gasteiger partial charge in [-0.25, -0.2) is 4.98 Å². The summed E-state index contributed by atoms with van der Waals surface area (Å²) in [4.78, 5) is 12.6. The van der Waals surface area contributed by atoms with Crippen LogP contribution in [0.3, 0.4) is 0 Å². The summed E-state index contributed by atoms with van der Waals surface area (Å²) in [5.41, 5.74) is 3.81. The Hall–Kier alpha value is -1.82. The fourth-order valence-corrected chi connectivity index (χ4v) is 4.21. The summed E-state index contributed by atoms with van der Waals surface area (Å²) < 4.78 is 0.586. The summed E-state index contributed by atoms with van der Waals surface area (Å²) in [6, 6.07) is 15.1. The van der Waals surface area contributed by atoms with E-state index < -0.39 is 0 Å². The minimum atomic E-state index is 0.586. The molecule has 5 heteroatoms. The molecule has 116 valence electrons. The van der Waals surface area contributed by atoms with E-state index in [2.05, 4.69) is 57.3 Å². The molecule has 0 radical (unpaired) electrons. The van der Waals surface area contributed by atoms with E-state index >= 15 is 0 Å². The lowest BCUT2D eigenvalue weighted by atomic mass is 10.1. The fraction of sp³-hybridized carbons (Fsp3) is 0.222. The number of nitrogens with one attached hydrogen (secondary N) is 1. The number of benzene rings is 1. The van der Waals surface area contributed by atoms with Gasteiger partial charge >= 0.3 is 0 Å². The molecule has 1 N–H and O–H groups in total. The van der Waals surface area contributed by atoms with Gasteiger partial charge in [-0.15, -0.1) is 11.3 Å². The fourth-order valence-electron chi connectivity index (χ4n) is 2.98. The van der Waals surface area contributed by atoms with E-state index in [4.69, 9.17) is 12.2 Å². The van der Waals surface area contributed by atoms with Crippen molar-refractivity contribution in [3.63, 3.8) is 0 Å². The van der Waals surface area contributed by atoms with Crippen molar-refractivity contribution in [3.05, 3.63) is 69.6 Å². The lowest BCUT2D eigenvalue weighted by Gasteiger charge is -2.27. The minimum Gasteiger partial charge on any atom is -0.334 e. The molecule has 0 atom stereocenters. The highest BCUT2D eigenvalue weighted by atomic mass is 32.1. The van der Waals surface area contributed by atoms with Gasteiger partial charge in [0.15, 0.2) is 4.77 Å².